The number of piperazine rings is 1. The predicted molar refractivity (Wildman–Crippen MR) is 116 cm³/mol. The average molecular weight is 394 g/mol. The predicted octanol–water partition coefficient (Wildman–Crippen LogP) is 3.80. The number of benzene rings is 2. The van der Waals surface area contributed by atoms with E-state index in [2.05, 4.69) is 46.0 Å². The number of nitrogens with zero attached hydrogens (tertiary/aromatic N) is 3. The van der Waals surface area contributed by atoms with Crippen LogP contribution in [0.15, 0.2) is 58.4 Å². The topological polar surface area (TPSA) is 45.1 Å². The first kappa shape index (κ1) is 18.6. The highest BCUT2D eigenvalue weighted by Crippen LogP contribution is 2.31. The maximum absolute atomic E-state index is 12.3. The highest BCUT2D eigenvalue weighted by atomic mass is 32.2. The molecule has 5 nitrogen and oxygen atoms in total. The number of ether oxygens (including phenoxy) is 1. The summed E-state index contributed by atoms with van der Waals surface area (Å²) in [4.78, 5) is 21.9. The molecule has 0 spiro atoms. The van der Waals surface area contributed by atoms with Gasteiger partial charge in [-0.1, -0.05) is 29.8 Å². The van der Waals surface area contributed by atoms with Crippen LogP contribution in [0.4, 0.5) is 5.69 Å². The SMILES string of the molecule is COc1ccc(N2CCN(C3=NC(=O)/C(=C/c4ccc(C)cc4)S3)CC2)cc1. The van der Waals surface area contributed by atoms with Crippen molar-refractivity contribution >= 4 is 34.6 Å². The highest BCUT2D eigenvalue weighted by molar-refractivity contribution is 8.18. The Bertz CT molecular complexity index is 912. The molecule has 0 aliphatic carbocycles. The largest absolute Gasteiger partial charge is 0.497 e. The van der Waals surface area contributed by atoms with E-state index < -0.39 is 0 Å². The van der Waals surface area contributed by atoms with Crippen molar-refractivity contribution < 1.29 is 9.53 Å². The van der Waals surface area contributed by atoms with Crippen LogP contribution in [-0.2, 0) is 4.79 Å². The third-order valence-corrected chi connectivity index (χ3v) is 6.02. The number of carbonyl (C=O) groups is 1. The van der Waals surface area contributed by atoms with Gasteiger partial charge in [0, 0.05) is 31.9 Å². The number of hydrogen-bond acceptors (Lipinski definition) is 5. The van der Waals surface area contributed by atoms with Crippen LogP contribution in [-0.4, -0.2) is 49.3 Å². The number of thioether (sulfide) groups is 1. The molecule has 0 N–H and O–H groups in total. The van der Waals surface area contributed by atoms with Crippen molar-refractivity contribution in [3.05, 3.63) is 64.6 Å². The van der Waals surface area contributed by atoms with Gasteiger partial charge in [0.1, 0.15) is 5.75 Å². The van der Waals surface area contributed by atoms with E-state index in [4.69, 9.17) is 4.74 Å². The van der Waals surface area contributed by atoms with Crippen molar-refractivity contribution in [1.29, 1.82) is 0 Å². The summed E-state index contributed by atoms with van der Waals surface area (Å²) in [6.07, 6.45) is 1.93. The molecule has 0 atom stereocenters. The quantitative estimate of drug-likeness (QED) is 0.743. The van der Waals surface area contributed by atoms with Gasteiger partial charge in [0.05, 0.1) is 12.0 Å². The number of methoxy groups -OCH3 is 1. The normalized spacial score (nSPS) is 18.6. The lowest BCUT2D eigenvalue weighted by molar-refractivity contribution is -0.113. The first-order chi connectivity index (χ1) is 13.6. The fourth-order valence-electron chi connectivity index (χ4n) is 3.30. The molecule has 1 amide bonds. The fraction of sp³-hybridized carbons (Fsp3) is 0.273. The van der Waals surface area contributed by atoms with Gasteiger partial charge in [-0.3, -0.25) is 4.79 Å². The van der Waals surface area contributed by atoms with Gasteiger partial charge in [0.15, 0.2) is 5.17 Å². The van der Waals surface area contributed by atoms with Crippen LogP contribution >= 0.6 is 11.8 Å². The van der Waals surface area contributed by atoms with Crippen molar-refractivity contribution in [2.75, 3.05) is 38.2 Å². The monoisotopic (exact) mass is 393 g/mol. The molecule has 1 fully saturated rings. The van der Waals surface area contributed by atoms with Crippen LogP contribution < -0.4 is 9.64 Å². The summed E-state index contributed by atoms with van der Waals surface area (Å²) in [6.45, 7) is 5.55. The Labute approximate surface area is 169 Å². The third-order valence-electron chi connectivity index (χ3n) is 4.97. The maximum atomic E-state index is 12.3. The maximum Gasteiger partial charge on any atom is 0.286 e. The molecule has 2 aromatic carbocycles. The number of amidine groups is 1. The molecule has 2 aliphatic rings. The summed E-state index contributed by atoms with van der Waals surface area (Å²) in [5, 5.41) is 0.817. The Kier molecular flexibility index (Phi) is 5.39. The van der Waals surface area contributed by atoms with E-state index >= 15 is 0 Å². The molecule has 0 radical (unpaired) electrons. The summed E-state index contributed by atoms with van der Waals surface area (Å²) in [5.41, 5.74) is 3.43. The fourth-order valence-corrected chi connectivity index (χ4v) is 4.26. The minimum Gasteiger partial charge on any atom is -0.497 e. The molecule has 0 saturated carbocycles. The van der Waals surface area contributed by atoms with Crippen LogP contribution in [0.5, 0.6) is 5.75 Å². The number of aryl methyl sites for hydroxylation is 1. The van der Waals surface area contributed by atoms with Crippen LogP contribution in [0.2, 0.25) is 0 Å². The molecule has 2 aromatic rings. The number of anilines is 1. The minimum atomic E-state index is -0.141. The van der Waals surface area contributed by atoms with Crippen LogP contribution in [0.25, 0.3) is 6.08 Å². The Morgan fingerprint density at radius 2 is 1.61 bits per heavy atom. The molecule has 1 saturated heterocycles. The van der Waals surface area contributed by atoms with Crippen LogP contribution in [0.3, 0.4) is 0 Å². The van der Waals surface area contributed by atoms with E-state index in [0.717, 1.165) is 42.7 Å². The van der Waals surface area contributed by atoms with Gasteiger partial charge >= 0.3 is 0 Å². The lowest BCUT2D eigenvalue weighted by Crippen LogP contribution is -2.47. The van der Waals surface area contributed by atoms with E-state index in [1.807, 2.05) is 30.3 Å². The zero-order valence-electron chi connectivity index (χ0n) is 16.1. The van der Waals surface area contributed by atoms with Gasteiger partial charge in [0.2, 0.25) is 0 Å². The van der Waals surface area contributed by atoms with Crippen molar-refractivity contribution in [3.8, 4) is 5.75 Å². The summed E-state index contributed by atoms with van der Waals surface area (Å²) in [7, 11) is 1.68. The van der Waals surface area contributed by atoms with Crippen molar-refractivity contribution in [1.82, 2.24) is 4.90 Å². The van der Waals surface area contributed by atoms with Crippen LogP contribution in [0, 0.1) is 6.92 Å². The second-order valence-electron chi connectivity index (χ2n) is 6.89. The van der Waals surface area contributed by atoms with Gasteiger partial charge < -0.3 is 14.5 Å². The van der Waals surface area contributed by atoms with Gasteiger partial charge in [-0.15, -0.1) is 0 Å². The van der Waals surface area contributed by atoms with E-state index in [-0.39, 0.29) is 5.91 Å². The second kappa shape index (κ2) is 8.10. The van der Waals surface area contributed by atoms with Crippen molar-refractivity contribution in [3.63, 3.8) is 0 Å². The molecule has 6 heteroatoms. The molecule has 0 aromatic heterocycles. The Balaban J connectivity index is 1.37. The summed E-state index contributed by atoms with van der Waals surface area (Å²) in [5.74, 6) is 0.726. The summed E-state index contributed by atoms with van der Waals surface area (Å²) in [6, 6.07) is 16.3. The molecule has 144 valence electrons. The van der Waals surface area contributed by atoms with E-state index in [1.165, 1.54) is 23.0 Å². The lowest BCUT2D eigenvalue weighted by atomic mass is 10.1. The molecule has 2 aliphatic heterocycles. The first-order valence-electron chi connectivity index (χ1n) is 9.35. The number of rotatable bonds is 3. The summed E-state index contributed by atoms with van der Waals surface area (Å²) < 4.78 is 5.23. The molecule has 28 heavy (non-hydrogen) atoms. The molecule has 0 unspecified atom stereocenters. The Hall–Kier alpha value is -2.73. The average Bonchev–Trinajstić information content (AvgIpc) is 3.10. The first-order valence-corrected chi connectivity index (χ1v) is 10.2. The molecular weight excluding hydrogens is 370 g/mol. The zero-order valence-corrected chi connectivity index (χ0v) is 16.9. The van der Waals surface area contributed by atoms with E-state index in [9.17, 15) is 4.79 Å². The van der Waals surface area contributed by atoms with Gasteiger partial charge in [-0.25, -0.2) is 0 Å². The van der Waals surface area contributed by atoms with Crippen molar-refractivity contribution in [2.24, 2.45) is 4.99 Å². The van der Waals surface area contributed by atoms with Crippen molar-refractivity contribution in [2.45, 2.75) is 6.92 Å². The third kappa shape index (κ3) is 4.07. The molecular formula is C22H23N3O2S. The zero-order chi connectivity index (χ0) is 19.5. The Morgan fingerprint density at radius 1 is 0.964 bits per heavy atom. The van der Waals surface area contributed by atoms with E-state index in [1.54, 1.807) is 7.11 Å². The highest BCUT2D eigenvalue weighted by Gasteiger charge is 2.28. The Morgan fingerprint density at radius 3 is 2.25 bits per heavy atom. The van der Waals surface area contributed by atoms with E-state index in [0.29, 0.717) is 4.91 Å². The van der Waals surface area contributed by atoms with Gasteiger partial charge in [-0.2, -0.15) is 4.99 Å². The smallest absolute Gasteiger partial charge is 0.286 e. The summed E-state index contributed by atoms with van der Waals surface area (Å²) >= 11 is 1.48. The van der Waals surface area contributed by atoms with Gasteiger partial charge in [-0.05, 0) is 54.6 Å². The number of amides is 1. The minimum absolute atomic E-state index is 0.141. The number of aliphatic imine (C=N–C) groups is 1. The van der Waals surface area contributed by atoms with Crippen LogP contribution in [0.1, 0.15) is 11.1 Å². The standard InChI is InChI=1S/C22H23N3O2S/c1-16-3-5-17(6-4-16)15-20-21(26)23-22(28-20)25-13-11-24(12-14-25)18-7-9-19(27-2)10-8-18/h3-10,15H,11-14H2,1-2H3/b20-15-. The van der Waals surface area contributed by atoms with Gasteiger partial charge in [0.25, 0.3) is 5.91 Å². The number of carbonyl (C=O) groups excluding carboxylic acids is 1. The lowest BCUT2D eigenvalue weighted by Gasteiger charge is -2.36. The number of hydrogen-bond donors (Lipinski definition) is 0. The molecule has 2 heterocycles. The molecule has 0 bridgehead atoms. The second-order valence-corrected chi connectivity index (χ2v) is 7.90. The molecule has 4 rings (SSSR count).